The van der Waals surface area contributed by atoms with Crippen molar-refractivity contribution < 1.29 is 28.6 Å². The van der Waals surface area contributed by atoms with Gasteiger partial charge in [-0.1, -0.05) is 18.2 Å². The fourth-order valence-corrected chi connectivity index (χ4v) is 4.37. The van der Waals surface area contributed by atoms with Crippen LogP contribution in [0.4, 0.5) is 16.2 Å². The number of aryl methyl sites for hydroxylation is 1. The number of hydrogen-bond acceptors (Lipinski definition) is 6. The van der Waals surface area contributed by atoms with Crippen LogP contribution in [0, 0.1) is 6.92 Å². The number of methoxy groups -OCH3 is 1. The first kappa shape index (κ1) is 23.6. The maximum absolute atomic E-state index is 13.3. The van der Waals surface area contributed by atoms with Crippen LogP contribution in [0.1, 0.15) is 35.2 Å². The van der Waals surface area contributed by atoms with Crippen LogP contribution in [0.5, 0.6) is 5.75 Å². The Hall–Kier alpha value is -3.59. The van der Waals surface area contributed by atoms with E-state index in [-0.39, 0.29) is 43.2 Å². The van der Waals surface area contributed by atoms with Crippen LogP contribution in [0.2, 0.25) is 0 Å². The molecule has 1 saturated heterocycles. The number of anilines is 2. The van der Waals surface area contributed by atoms with E-state index in [1.165, 1.54) is 7.11 Å². The molecule has 0 bridgehead atoms. The van der Waals surface area contributed by atoms with Crippen molar-refractivity contribution in [2.24, 2.45) is 0 Å². The lowest BCUT2D eigenvalue weighted by molar-refractivity contribution is -0.151. The number of nitrogens with one attached hydrogen (secondary N) is 2. The molecule has 3 amide bonds. The van der Waals surface area contributed by atoms with Crippen molar-refractivity contribution in [2.45, 2.75) is 44.4 Å². The molecule has 2 aromatic rings. The fourth-order valence-electron chi connectivity index (χ4n) is 4.37. The first-order chi connectivity index (χ1) is 16.4. The zero-order chi connectivity index (χ0) is 24.2. The molecule has 1 fully saturated rings. The third kappa shape index (κ3) is 5.14. The lowest BCUT2D eigenvalue weighted by Crippen LogP contribution is -2.53. The highest BCUT2D eigenvalue weighted by Gasteiger charge is 2.39. The van der Waals surface area contributed by atoms with Crippen LogP contribution in [-0.2, 0) is 14.3 Å². The number of nitrogens with zero attached hydrogens (tertiary/aromatic N) is 1. The summed E-state index contributed by atoms with van der Waals surface area (Å²) in [5.41, 5.74) is 2.50. The van der Waals surface area contributed by atoms with E-state index in [4.69, 9.17) is 14.2 Å². The maximum atomic E-state index is 13.3. The number of fused-ring (bicyclic) bond motifs is 2. The molecule has 34 heavy (non-hydrogen) atoms. The predicted octanol–water partition coefficient (Wildman–Crippen LogP) is 3.58. The molecular formula is C25H29N3O6. The second kappa shape index (κ2) is 10.1. The van der Waals surface area contributed by atoms with Gasteiger partial charge in [0.15, 0.2) is 0 Å². The largest absolute Gasteiger partial charge is 0.490 e. The Balaban J connectivity index is 1.48. The Bertz CT molecular complexity index is 1090. The molecule has 0 radical (unpaired) electrons. The number of likely N-dealkylation sites (N-methyl/N-ethyl adjacent to an activating group) is 1. The number of para-hydroxylation sites is 1. The van der Waals surface area contributed by atoms with Gasteiger partial charge in [0.05, 0.1) is 31.2 Å². The lowest BCUT2D eigenvalue weighted by atomic mass is 9.94. The highest BCUT2D eigenvalue weighted by atomic mass is 16.5. The summed E-state index contributed by atoms with van der Waals surface area (Å²) in [6.45, 7) is 2.15. The number of benzene rings is 2. The second-order valence-electron chi connectivity index (χ2n) is 8.55. The smallest absolute Gasteiger partial charge is 0.323 e. The zero-order valence-electron chi connectivity index (χ0n) is 19.5. The summed E-state index contributed by atoms with van der Waals surface area (Å²) in [4.78, 5) is 39.1. The summed E-state index contributed by atoms with van der Waals surface area (Å²) < 4.78 is 16.8. The standard InChI is InChI=1S/C25H29N3O6/c1-15-6-4-5-7-19(15)27-25(31)26-16-8-11-21-18(12-16)24(30)28(2)20-10-9-17(13-23(29)32-3)34-22(20)14-33-21/h4-8,11-12,17,20,22H,9-10,13-14H2,1-3H3,(H2,26,27,31)/t17-,20-,22+/m1/s1. The van der Waals surface area contributed by atoms with Crippen molar-refractivity contribution in [3.8, 4) is 5.75 Å². The number of urea groups is 1. The van der Waals surface area contributed by atoms with Gasteiger partial charge in [0.1, 0.15) is 18.5 Å². The number of ether oxygens (including phenoxy) is 3. The molecule has 2 N–H and O–H groups in total. The van der Waals surface area contributed by atoms with Gasteiger partial charge in [0.25, 0.3) is 5.91 Å². The van der Waals surface area contributed by atoms with Crippen molar-refractivity contribution in [1.29, 1.82) is 0 Å². The van der Waals surface area contributed by atoms with Crippen LogP contribution in [-0.4, -0.2) is 61.8 Å². The van der Waals surface area contributed by atoms with Crippen LogP contribution < -0.4 is 15.4 Å². The summed E-state index contributed by atoms with van der Waals surface area (Å²) in [6, 6.07) is 11.9. The van der Waals surface area contributed by atoms with Crippen molar-refractivity contribution in [2.75, 3.05) is 31.4 Å². The van der Waals surface area contributed by atoms with Gasteiger partial charge in [-0.2, -0.15) is 0 Å². The molecule has 0 unspecified atom stereocenters. The SMILES string of the molecule is COC(=O)C[C@H]1CC[C@@H]2[C@H](COc3ccc(NC(=O)Nc4ccccc4C)cc3C(=O)N2C)O1. The predicted molar refractivity (Wildman–Crippen MR) is 126 cm³/mol. The number of carbonyl (C=O) groups is 3. The van der Waals surface area contributed by atoms with Crippen molar-refractivity contribution in [3.05, 3.63) is 53.6 Å². The van der Waals surface area contributed by atoms with Gasteiger partial charge in [-0.15, -0.1) is 0 Å². The van der Waals surface area contributed by atoms with E-state index in [1.807, 2.05) is 31.2 Å². The van der Waals surface area contributed by atoms with Crippen molar-refractivity contribution in [1.82, 2.24) is 4.90 Å². The van der Waals surface area contributed by atoms with E-state index < -0.39 is 6.03 Å². The topological polar surface area (TPSA) is 106 Å². The highest BCUT2D eigenvalue weighted by molar-refractivity contribution is 6.02. The Morgan fingerprint density at radius 1 is 1.15 bits per heavy atom. The van der Waals surface area contributed by atoms with Crippen LogP contribution >= 0.6 is 0 Å². The minimum absolute atomic E-state index is 0.174. The quantitative estimate of drug-likeness (QED) is 0.666. The van der Waals surface area contributed by atoms with Crippen LogP contribution in [0.3, 0.4) is 0 Å². The normalized spacial score (nSPS) is 21.8. The third-order valence-corrected chi connectivity index (χ3v) is 6.28. The summed E-state index contributed by atoms with van der Waals surface area (Å²) in [5.74, 6) is -0.127. The van der Waals surface area contributed by atoms with Crippen LogP contribution in [0.25, 0.3) is 0 Å². The van der Waals surface area contributed by atoms with Crippen molar-refractivity contribution in [3.63, 3.8) is 0 Å². The van der Waals surface area contributed by atoms with Gasteiger partial charge in [-0.25, -0.2) is 4.79 Å². The summed E-state index contributed by atoms with van der Waals surface area (Å²) in [5, 5.41) is 5.59. The van der Waals surface area contributed by atoms with E-state index in [2.05, 4.69) is 10.6 Å². The van der Waals surface area contributed by atoms with Gasteiger partial charge in [-0.05, 0) is 49.6 Å². The summed E-state index contributed by atoms with van der Waals surface area (Å²) in [7, 11) is 3.09. The first-order valence-corrected chi connectivity index (χ1v) is 11.3. The van der Waals surface area contributed by atoms with Crippen LogP contribution in [0.15, 0.2) is 42.5 Å². The maximum Gasteiger partial charge on any atom is 0.323 e. The average molecular weight is 468 g/mol. The third-order valence-electron chi connectivity index (χ3n) is 6.28. The number of rotatable bonds is 4. The summed E-state index contributed by atoms with van der Waals surface area (Å²) >= 11 is 0. The monoisotopic (exact) mass is 467 g/mol. The van der Waals surface area contributed by atoms with Gasteiger partial charge >= 0.3 is 12.0 Å². The molecule has 0 aliphatic carbocycles. The Labute approximate surface area is 198 Å². The Morgan fingerprint density at radius 3 is 2.71 bits per heavy atom. The average Bonchev–Trinajstić information content (AvgIpc) is 2.83. The van der Waals surface area contributed by atoms with E-state index >= 15 is 0 Å². The summed E-state index contributed by atoms with van der Waals surface area (Å²) in [6.07, 6.45) is 0.875. The number of amides is 3. The molecular weight excluding hydrogens is 438 g/mol. The van der Waals surface area contributed by atoms with Gasteiger partial charge in [0.2, 0.25) is 0 Å². The zero-order valence-corrected chi connectivity index (χ0v) is 19.5. The molecule has 2 aromatic carbocycles. The molecule has 2 aliphatic heterocycles. The molecule has 2 aliphatic rings. The molecule has 4 rings (SSSR count). The highest BCUT2D eigenvalue weighted by Crippen LogP contribution is 2.32. The number of carbonyl (C=O) groups excluding carboxylic acids is 3. The van der Waals surface area contributed by atoms with Gasteiger partial charge in [0, 0.05) is 18.4 Å². The van der Waals surface area contributed by atoms with Crippen molar-refractivity contribution >= 4 is 29.3 Å². The van der Waals surface area contributed by atoms with E-state index in [9.17, 15) is 14.4 Å². The lowest BCUT2D eigenvalue weighted by Gasteiger charge is -2.42. The molecule has 0 saturated carbocycles. The number of esters is 1. The van der Waals surface area contributed by atoms with E-state index in [0.29, 0.717) is 35.5 Å². The second-order valence-corrected chi connectivity index (χ2v) is 8.55. The van der Waals surface area contributed by atoms with E-state index in [1.54, 1.807) is 30.1 Å². The Morgan fingerprint density at radius 2 is 1.94 bits per heavy atom. The molecule has 3 atom stereocenters. The molecule has 9 nitrogen and oxygen atoms in total. The number of hydrogen-bond donors (Lipinski definition) is 2. The first-order valence-electron chi connectivity index (χ1n) is 11.3. The van der Waals surface area contributed by atoms with E-state index in [0.717, 1.165) is 5.56 Å². The fraction of sp³-hybridized carbons (Fsp3) is 0.400. The Kier molecular flexibility index (Phi) is 7.02. The molecule has 180 valence electrons. The van der Waals surface area contributed by atoms with Gasteiger partial charge < -0.3 is 29.7 Å². The molecule has 2 heterocycles. The molecule has 9 heteroatoms. The van der Waals surface area contributed by atoms with Gasteiger partial charge in [-0.3, -0.25) is 9.59 Å². The molecule has 0 aromatic heterocycles. The minimum Gasteiger partial charge on any atom is -0.490 e. The molecule has 0 spiro atoms. The minimum atomic E-state index is -0.404.